The SMILES string of the molecule is C[C@@H](NC1CC(=O)N(C)C1=O)C(=O)O. The molecule has 1 heterocycles. The van der Waals surface area contributed by atoms with Gasteiger partial charge >= 0.3 is 5.97 Å². The number of carbonyl (C=O) groups excluding carboxylic acids is 2. The average Bonchev–Trinajstić information content (AvgIpc) is 2.33. The summed E-state index contributed by atoms with van der Waals surface area (Å²) in [6.07, 6.45) is 0.0347. The van der Waals surface area contributed by atoms with E-state index in [0.717, 1.165) is 4.90 Å². The van der Waals surface area contributed by atoms with Crippen LogP contribution in [0.3, 0.4) is 0 Å². The van der Waals surface area contributed by atoms with Crippen LogP contribution in [0, 0.1) is 0 Å². The Balaban J connectivity index is 2.60. The number of nitrogens with zero attached hydrogens (tertiary/aromatic N) is 1. The van der Waals surface area contributed by atoms with Gasteiger partial charge in [-0.3, -0.25) is 24.6 Å². The largest absolute Gasteiger partial charge is 0.480 e. The van der Waals surface area contributed by atoms with Crippen molar-refractivity contribution in [2.24, 2.45) is 0 Å². The molecule has 1 saturated heterocycles. The van der Waals surface area contributed by atoms with Crippen molar-refractivity contribution < 1.29 is 19.5 Å². The third kappa shape index (κ3) is 1.90. The van der Waals surface area contributed by atoms with E-state index in [0.29, 0.717) is 0 Å². The van der Waals surface area contributed by atoms with Crippen LogP contribution in [-0.2, 0) is 14.4 Å². The second kappa shape index (κ2) is 3.75. The highest BCUT2D eigenvalue weighted by atomic mass is 16.4. The van der Waals surface area contributed by atoms with Crippen molar-refractivity contribution in [1.29, 1.82) is 0 Å². The number of hydrogen-bond acceptors (Lipinski definition) is 4. The van der Waals surface area contributed by atoms with Gasteiger partial charge in [0.25, 0.3) is 0 Å². The molecule has 6 nitrogen and oxygen atoms in total. The maximum absolute atomic E-state index is 11.3. The van der Waals surface area contributed by atoms with Crippen molar-refractivity contribution in [2.45, 2.75) is 25.4 Å². The molecule has 0 aromatic heterocycles. The first kappa shape index (κ1) is 10.6. The minimum Gasteiger partial charge on any atom is -0.480 e. The predicted molar refractivity (Wildman–Crippen MR) is 46.4 cm³/mol. The fourth-order valence-electron chi connectivity index (χ4n) is 1.26. The molecule has 0 radical (unpaired) electrons. The Hall–Kier alpha value is -1.43. The summed E-state index contributed by atoms with van der Waals surface area (Å²) < 4.78 is 0. The van der Waals surface area contributed by atoms with Gasteiger partial charge in [0, 0.05) is 7.05 Å². The third-order valence-corrected chi connectivity index (χ3v) is 2.20. The number of carbonyl (C=O) groups is 3. The fraction of sp³-hybridized carbons (Fsp3) is 0.625. The molecule has 1 aliphatic rings. The first-order valence-electron chi connectivity index (χ1n) is 4.22. The molecule has 1 fully saturated rings. The number of amides is 2. The van der Waals surface area contributed by atoms with E-state index in [-0.39, 0.29) is 18.2 Å². The molecule has 0 bridgehead atoms. The molecular weight excluding hydrogens is 188 g/mol. The first-order chi connectivity index (χ1) is 6.43. The van der Waals surface area contributed by atoms with Crippen LogP contribution in [0.1, 0.15) is 13.3 Å². The second-order valence-corrected chi connectivity index (χ2v) is 3.27. The highest BCUT2D eigenvalue weighted by Gasteiger charge is 2.37. The van der Waals surface area contributed by atoms with Gasteiger partial charge in [0.2, 0.25) is 11.8 Å². The Labute approximate surface area is 80.9 Å². The summed E-state index contributed by atoms with van der Waals surface area (Å²) in [7, 11) is 1.39. The van der Waals surface area contributed by atoms with Gasteiger partial charge in [0.15, 0.2) is 0 Å². The van der Waals surface area contributed by atoms with Crippen LogP contribution in [0.2, 0.25) is 0 Å². The maximum atomic E-state index is 11.3. The lowest BCUT2D eigenvalue weighted by Gasteiger charge is -2.13. The number of likely N-dealkylation sites (N-methyl/N-ethyl adjacent to an activating group) is 1. The van der Waals surface area contributed by atoms with E-state index >= 15 is 0 Å². The molecule has 14 heavy (non-hydrogen) atoms. The molecule has 0 spiro atoms. The summed E-state index contributed by atoms with van der Waals surface area (Å²) in [5.41, 5.74) is 0. The van der Waals surface area contributed by atoms with Gasteiger partial charge in [-0.25, -0.2) is 0 Å². The van der Waals surface area contributed by atoms with Crippen molar-refractivity contribution in [1.82, 2.24) is 10.2 Å². The fourth-order valence-corrected chi connectivity index (χ4v) is 1.26. The minimum absolute atomic E-state index is 0.0347. The number of rotatable bonds is 3. The molecule has 6 heteroatoms. The maximum Gasteiger partial charge on any atom is 0.320 e. The van der Waals surface area contributed by atoms with Crippen LogP contribution >= 0.6 is 0 Å². The van der Waals surface area contributed by atoms with Crippen molar-refractivity contribution >= 4 is 17.8 Å². The van der Waals surface area contributed by atoms with Gasteiger partial charge in [-0.1, -0.05) is 0 Å². The van der Waals surface area contributed by atoms with Crippen molar-refractivity contribution in [3.63, 3.8) is 0 Å². The zero-order chi connectivity index (χ0) is 10.9. The van der Waals surface area contributed by atoms with E-state index in [9.17, 15) is 14.4 Å². The van der Waals surface area contributed by atoms with Gasteiger partial charge in [-0.05, 0) is 6.92 Å². The van der Waals surface area contributed by atoms with Crippen LogP contribution < -0.4 is 5.32 Å². The van der Waals surface area contributed by atoms with Crippen LogP contribution in [-0.4, -0.2) is 46.9 Å². The molecule has 0 aliphatic carbocycles. The van der Waals surface area contributed by atoms with Crippen LogP contribution in [0.25, 0.3) is 0 Å². The Kier molecular flexibility index (Phi) is 2.85. The molecule has 1 aliphatic heterocycles. The van der Waals surface area contributed by atoms with E-state index in [1.54, 1.807) is 0 Å². The summed E-state index contributed by atoms with van der Waals surface area (Å²) >= 11 is 0. The number of nitrogens with one attached hydrogen (secondary N) is 1. The number of aliphatic carboxylic acids is 1. The normalized spacial score (nSPS) is 24.1. The number of likely N-dealkylation sites (tertiary alicyclic amines) is 1. The third-order valence-electron chi connectivity index (χ3n) is 2.20. The van der Waals surface area contributed by atoms with E-state index in [1.165, 1.54) is 14.0 Å². The Morgan fingerprint density at radius 3 is 2.57 bits per heavy atom. The summed E-state index contributed by atoms with van der Waals surface area (Å²) in [5, 5.41) is 11.2. The molecule has 78 valence electrons. The summed E-state index contributed by atoms with van der Waals surface area (Å²) in [6, 6.07) is -1.53. The predicted octanol–water partition coefficient (Wildman–Crippen LogP) is -1.19. The van der Waals surface area contributed by atoms with Crippen LogP contribution in [0.4, 0.5) is 0 Å². The molecule has 2 amide bonds. The van der Waals surface area contributed by atoms with Crippen molar-refractivity contribution in [2.75, 3.05) is 7.05 Å². The smallest absolute Gasteiger partial charge is 0.320 e. The highest BCUT2D eigenvalue weighted by molar-refractivity contribution is 6.05. The number of hydrogen-bond donors (Lipinski definition) is 2. The summed E-state index contributed by atoms with van der Waals surface area (Å²) in [4.78, 5) is 33.9. The van der Waals surface area contributed by atoms with Crippen LogP contribution in [0.15, 0.2) is 0 Å². The number of carboxylic acids is 1. The van der Waals surface area contributed by atoms with Gasteiger partial charge in [-0.15, -0.1) is 0 Å². The van der Waals surface area contributed by atoms with Gasteiger partial charge in [0.1, 0.15) is 6.04 Å². The molecule has 0 aromatic rings. The first-order valence-corrected chi connectivity index (χ1v) is 4.22. The quantitative estimate of drug-likeness (QED) is 0.559. The number of imide groups is 1. The van der Waals surface area contributed by atoms with E-state index in [1.807, 2.05) is 0 Å². The molecule has 2 N–H and O–H groups in total. The molecule has 1 unspecified atom stereocenters. The minimum atomic E-state index is -1.04. The molecule has 2 atom stereocenters. The highest BCUT2D eigenvalue weighted by Crippen LogP contribution is 2.10. The van der Waals surface area contributed by atoms with Gasteiger partial charge in [0.05, 0.1) is 12.5 Å². The Morgan fingerprint density at radius 1 is 1.64 bits per heavy atom. The summed E-state index contributed by atoms with van der Waals surface area (Å²) in [6.45, 7) is 1.43. The molecular formula is C8H12N2O4. The standard InChI is InChI=1S/C8H12N2O4/c1-4(8(13)14)9-5-3-6(11)10(2)7(5)12/h4-5,9H,3H2,1-2H3,(H,13,14)/t4-,5?/m1/s1. The number of carboxylic acid groups (broad SMARTS) is 1. The van der Waals surface area contributed by atoms with Crippen molar-refractivity contribution in [3.8, 4) is 0 Å². The lowest BCUT2D eigenvalue weighted by atomic mass is 10.2. The summed E-state index contributed by atoms with van der Waals surface area (Å²) in [5.74, 6) is -1.70. The molecule has 1 rings (SSSR count). The lowest BCUT2D eigenvalue weighted by Crippen LogP contribution is -2.45. The van der Waals surface area contributed by atoms with E-state index in [4.69, 9.17) is 5.11 Å². The zero-order valence-electron chi connectivity index (χ0n) is 7.98. The topological polar surface area (TPSA) is 86.7 Å². The Morgan fingerprint density at radius 2 is 2.21 bits per heavy atom. The lowest BCUT2D eigenvalue weighted by molar-refractivity contribution is -0.139. The van der Waals surface area contributed by atoms with E-state index < -0.39 is 18.1 Å². The Bertz CT molecular complexity index is 289. The van der Waals surface area contributed by atoms with Crippen LogP contribution in [0.5, 0.6) is 0 Å². The molecule has 0 aromatic carbocycles. The monoisotopic (exact) mass is 200 g/mol. The average molecular weight is 200 g/mol. The van der Waals surface area contributed by atoms with Crippen molar-refractivity contribution in [3.05, 3.63) is 0 Å². The van der Waals surface area contributed by atoms with Gasteiger partial charge in [-0.2, -0.15) is 0 Å². The van der Waals surface area contributed by atoms with Gasteiger partial charge < -0.3 is 5.11 Å². The second-order valence-electron chi connectivity index (χ2n) is 3.27. The zero-order valence-corrected chi connectivity index (χ0v) is 7.98. The van der Waals surface area contributed by atoms with E-state index in [2.05, 4.69) is 5.32 Å². The molecule has 0 saturated carbocycles.